The number of rotatable bonds is 2. The first kappa shape index (κ1) is 11.9. The molecular weight excluding hydrogens is 240 g/mol. The molecule has 0 spiro atoms. The predicted octanol–water partition coefficient (Wildman–Crippen LogP) is 3.03. The Morgan fingerprint density at radius 2 is 2.00 bits per heavy atom. The zero-order valence-corrected chi connectivity index (χ0v) is 8.46. The van der Waals surface area contributed by atoms with Crippen molar-refractivity contribution in [2.75, 3.05) is 0 Å². The average molecular weight is 248 g/mol. The Bertz CT molecular complexity index is 467. The minimum atomic E-state index is -4.55. The number of alkyl halides is 3. The summed E-state index contributed by atoms with van der Waals surface area (Å²) in [5.41, 5.74) is -1.11. The second-order valence-corrected chi connectivity index (χ2v) is 4.02. The second kappa shape index (κ2) is 3.72. The van der Waals surface area contributed by atoms with Crippen LogP contribution < -0.4 is 0 Å². The molecule has 0 radical (unpaired) electrons. The van der Waals surface area contributed by atoms with E-state index in [1.54, 1.807) is 0 Å². The van der Waals surface area contributed by atoms with E-state index >= 15 is 0 Å². The maximum atomic E-state index is 13.3. The molecule has 0 unspecified atom stereocenters. The smallest absolute Gasteiger partial charge is 0.416 e. The SMILES string of the molecule is O=C(O)[C@@H]1C[C@H]1c1cc(C(F)(F)F)ccc1F. The van der Waals surface area contributed by atoms with Gasteiger partial charge in [0, 0.05) is 5.92 Å². The van der Waals surface area contributed by atoms with Gasteiger partial charge < -0.3 is 5.11 Å². The molecule has 1 fully saturated rings. The van der Waals surface area contributed by atoms with Crippen LogP contribution in [0.25, 0.3) is 0 Å². The van der Waals surface area contributed by atoms with Gasteiger partial charge in [0.15, 0.2) is 0 Å². The first-order valence-corrected chi connectivity index (χ1v) is 4.90. The minimum Gasteiger partial charge on any atom is -0.481 e. The standard InChI is InChI=1S/C11H8F4O2/c12-9-2-1-5(11(13,14)15)3-7(9)6-4-8(6)10(16)17/h1-3,6,8H,4H2,(H,16,17)/t6-,8+/m0/s1. The number of carboxylic acids is 1. The highest BCUT2D eigenvalue weighted by Crippen LogP contribution is 2.49. The molecule has 0 aliphatic heterocycles. The Kier molecular flexibility index (Phi) is 2.60. The first-order chi connectivity index (χ1) is 7.80. The third kappa shape index (κ3) is 2.25. The molecular formula is C11H8F4O2. The molecule has 2 rings (SSSR count). The fourth-order valence-corrected chi connectivity index (χ4v) is 1.82. The molecule has 1 N–H and O–H groups in total. The van der Waals surface area contributed by atoms with E-state index in [4.69, 9.17) is 5.11 Å². The summed E-state index contributed by atoms with van der Waals surface area (Å²) >= 11 is 0. The van der Waals surface area contributed by atoms with Gasteiger partial charge in [-0.15, -0.1) is 0 Å². The Hall–Kier alpha value is -1.59. The van der Waals surface area contributed by atoms with Gasteiger partial charge in [-0.3, -0.25) is 4.79 Å². The Balaban J connectivity index is 2.32. The maximum Gasteiger partial charge on any atom is 0.416 e. The fraction of sp³-hybridized carbons (Fsp3) is 0.364. The highest BCUT2D eigenvalue weighted by atomic mass is 19.4. The summed E-state index contributed by atoms with van der Waals surface area (Å²) in [5, 5.41) is 8.66. The lowest BCUT2D eigenvalue weighted by atomic mass is 10.0. The fourth-order valence-electron chi connectivity index (χ4n) is 1.82. The van der Waals surface area contributed by atoms with Crippen molar-refractivity contribution in [2.24, 2.45) is 5.92 Å². The van der Waals surface area contributed by atoms with Crippen molar-refractivity contribution in [3.8, 4) is 0 Å². The van der Waals surface area contributed by atoms with Gasteiger partial charge in [-0.05, 0) is 30.2 Å². The summed E-state index contributed by atoms with van der Waals surface area (Å²) in [4.78, 5) is 10.6. The van der Waals surface area contributed by atoms with Crippen LogP contribution in [0.1, 0.15) is 23.5 Å². The van der Waals surface area contributed by atoms with Crippen LogP contribution in [0, 0.1) is 11.7 Å². The molecule has 1 aliphatic carbocycles. The third-order valence-corrected chi connectivity index (χ3v) is 2.83. The largest absolute Gasteiger partial charge is 0.481 e. The summed E-state index contributed by atoms with van der Waals surface area (Å²) in [6, 6.07) is 2.08. The number of hydrogen-bond acceptors (Lipinski definition) is 1. The van der Waals surface area contributed by atoms with Gasteiger partial charge >= 0.3 is 12.1 Å². The first-order valence-electron chi connectivity index (χ1n) is 4.90. The number of carboxylic acid groups (broad SMARTS) is 1. The number of carbonyl (C=O) groups is 1. The van der Waals surface area contributed by atoms with E-state index in [1.165, 1.54) is 0 Å². The van der Waals surface area contributed by atoms with E-state index in [1.807, 2.05) is 0 Å². The zero-order valence-electron chi connectivity index (χ0n) is 8.46. The van der Waals surface area contributed by atoms with Crippen LogP contribution in [-0.4, -0.2) is 11.1 Å². The van der Waals surface area contributed by atoms with E-state index in [9.17, 15) is 22.4 Å². The Morgan fingerprint density at radius 1 is 1.35 bits per heavy atom. The average Bonchev–Trinajstić information content (AvgIpc) is 2.96. The highest BCUT2D eigenvalue weighted by molar-refractivity contribution is 5.75. The van der Waals surface area contributed by atoms with E-state index in [2.05, 4.69) is 0 Å². The number of hydrogen-bond donors (Lipinski definition) is 1. The van der Waals surface area contributed by atoms with Gasteiger partial charge in [-0.2, -0.15) is 13.2 Å². The van der Waals surface area contributed by atoms with Crippen LogP contribution in [0.5, 0.6) is 0 Å². The van der Waals surface area contributed by atoms with Gasteiger partial charge in [-0.25, -0.2) is 4.39 Å². The summed E-state index contributed by atoms with van der Waals surface area (Å²) in [6.45, 7) is 0. The van der Waals surface area contributed by atoms with Crippen LogP contribution in [0.2, 0.25) is 0 Å². The Morgan fingerprint density at radius 3 is 2.47 bits per heavy atom. The monoisotopic (exact) mass is 248 g/mol. The number of benzene rings is 1. The minimum absolute atomic E-state index is 0.160. The van der Waals surface area contributed by atoms with Gasteiger partial charge in [-0.1, -0.05) is 0 Å². The molecule has 92 valence electrons. The van der Waals surface area contributed by atoms with Crippen LogP contribution in [0.4, 0.5) is 17.6 Å². The van der Waals surface area contributed by atoms with Crippen molar-refractivity contribution in [1.82, 2.24) is 0 Å². The van der Waals surface area contributed by atoms with Crippen LogP contribution in [0.15, 0.2) is 18.2 Å². The van der Waals surface area contributed by atoms with E-state index in [0.29, 0.717) is 12.1 Å². The molecule has 0 bridgehead atoms. The van der Waals surface area contributed by atoms with Gasteiger partial charge in [0.05, 0.1) is 11.5 Å². The van der Waals surface area contributed by atoms with Crippen molar-refractivity contribution in [3.63, 3.8) is 0 Å². The molecule has 6 heteroatoms. The lowest BCUT2D eigenvalue weighted by molar-refractivity contribution is -0.138. The molecule has 1 aromatic rings. The zero-order chi connectivity index (χ0) is 12.8. The lowest BCUT2D eigenvalue weighted by Crippen LogP contribution is -2.07. The van der Waals surface area contributed by atoms with Crippen molar-refractivity contribution in [3.05, 3.63) is 35.1 Å². The molecule has 0 saturated heterocycles. The lowest BCUT2D eigenvalue weighted by Gasteiger charge is -2.09. The molecule has 1 aromatic carbocycles. The molecule has 2 atom stereocenters. The third-order valence-electron chi connectivity index (χ3n) is 2.83. The van der Waals surface area contributed by atoms with E-state index < -0.39 is 35.4 Å². The molecule has 1 saturated carbocycles. The Labute approximate surface area is 93.9 Å². The summed E-state index contributed by atoms with van der Waals surface area (Å²) in [6.07, 6.45) is -4.36. The molecule has 0 amide bonds. The number of aliphatic carboxylic acids is 1. The predicted molar refractivity (Wildman–Crippen MR) is 49.9 cm³/mol. The molecule has 17 heavy (non-hydrogen) atoms. The van der Waals surface area contributed by atoms with Crippen LogP contribution in [0.3, 0.4) is 0 Å². The van der Waals surface area contributed by atoms with Gasteiger partial charge in [0.2, 0.25) is 0 Å². The van der Waals surface area contributed by atoms with E-state index in [0.717, 1.165) is 6.07 Å². The van der Waals surface area contributed by atoms with Crippen molar-refractivity contribution in [2.45, 2.75) is 18.5 Å². The molecule has 0 aromatic heterocycles. The van der Waals surface area contributed by atoms with Crippen molar-refractivity contribution in [1.29, 1.82) is 0 Å². The van der Waals surface area contributed by atoms with Gasteiger partial charge in [0.1, 0.15) is 5.82 Å². The van der Waals surface area contributed by atoms with Gasteiger partial charge in [0.25, 0.3) is 0 Å². The van der Waals surface area contributed by atoms with E-state index in [-0.39, 0.29) is 12.0 Å². The van der Waals surface area contributed by atoms with Crippen molar-refractivity contribution < 1.29 is 27.5 Å². The topological polar surface area (TPSA) is 37.3 Å². The summed E-state index contributed by atoms with van der Waals surface area (Å²) in [5.74, 6) is -3.30. The highest BCUT2D eigenvalue weighted by Gasteiger charge is 2.46. The number of halogens is 4. The van der Waals surface area contributed by atoms with Crippen LogP contribution >= 0.6 is 0 Å². The maximum absolute atomic E-state index is 13.3. The van der Waals surface area contributed by atoms with Crippen molar-refractivity contribution >= 4 is 5.97 Å². The second-order valence-electron chi connectivity index (χ2n) is 4.02. The summed E-state index contributed by atoms with van der Waals surface area (Å²) < 4.78 is 50.5. The summed E-state index contributed by atoms with van der Waals surface area (Å²) in [7, 11) is 0. The quantitative estimate of drug-likeness (QED) is 0.817. The molecule has 0 heterocycles. The molecule has 1 aliphatic rings. The van der Waals surface area contributed by atoms with Crippen LogP contribution in [-0.2, 0) is 11.0 Å². The normalized spacial score (nSPS) is 23.5. The molecule has 2 nitrogen and oxygen atoms in total.